The van der Waals surface area contributed by atoms with Gasteiger partial charge in [-0.1, -0.05) is 39.0 Å². The van der Waals surface area contributed by atoms with Crippen molar-refractivity contribution < 1.29 is 14.6 Å². The molecule has 1 aromatic rings. The van der Waals surface area contributed by atoms with Gasteiger partial charge in [-0.2, -0.15) is 0 Å². The fourth-order valence-corrected chi connectivity index (χ4v) is 3.16. The van der Waals surface area contributed by atoms with Crippen molar-refractivity contribution in [2.75, 3.05) is 59.1 Å². The zero-order valence-corrected chi connectivity index (χ0v) is 18.4. The first-order chi connectivity index (χ1) is 12.1. The number of aliphatic hydroxyl groups excluding tert-OH is 1. The van der Waals surface area contributed by atoms with Gasteiger partial charge in [0.05, 0.1) is 19.3 Å². The Morgan fingerprint density at radius 3 is 2.26 bits per heavy atom. The Kier molecular flexibility index (Phi) is 14.1. The summed E-state index contributed by atoms with van der Waals surface area (Å²) in [4.78, 5) is 4.75. The number of para-hydroxylation sites is 1. The lowest BCUT2D eigenvalue weighted by Gasteiger charge is -2.34. The minimum absolute atomic E-state index is 0. The third kappa shape index (κ3) is 9.46. The first-order valence-corrected chi connectivity index (χ1v) is 9.52. The Labute approximate surface area is 176 Å². The van der Waals surface area contributed by atoms with Gasteiger partial charge in [0.15, 0.2) is 0 Å². The largest absolute Gasteiger partial charge is 0.491 e. The van der Waals surface area contributed by atoms with E-state index in [0.717, 1.165) is 38.5 Å². The number of nitrogens with zero attached hydrogens (tertiary/aromatic N) is 2. The molecule has 1 saturated heterocycles. The second-order valence-electron chi connectivity index (χ2n) is 7.00. The molecule has 1 aromatic carbocycles. The van der Waals surface area contributed by atoms with Crippen molar-refractivity contribution in [3.63, 3.8) is 0 Å². The highest BCUT2D eigenvalue weighted by Crippen LogP contribution is 2.25. The molecule has 1 aliphatic rings. The van der Waals surface area contributed by atoms with Gasteiger partial charge in [-0.25, -0.2) is 0 Å². The summed E-state index contributed by atoms with van der Waals surface area (Å²) in [5.41, 5.74) is 1.22. The molecule has 1 aliphatic heterocycles. The van der Waals surface area contributed by atoms with Gasteiger partial charge in [-0.15, -0.1) is 24.8 Å². The molecule has 0 amide bonds. The summed E-state index contributed by atoms with van der Waals surface area (Å²) in [6, 6.07) is 8.13. The first-order valence-electron chi connectivity index (χ1n) is 9.52. The number of likely N-dealkylation sites (N-methyl/N-ethyl adjacent to an activating group) is 1. The van der Waals surface area contributed by atoms with Gasteiger partial charge in [-0.3, -0.25) is 4.90 Å². The van der Waals surface area contributed by atoms with Crippen molar-refractivity contribution in [3.8, 4) is 5.75 Å². The van der Waals surface area contributed by atoms with E-state index in [9.17, 15) is 5.11 Å². The minimum Gasteiger partial charge on any atom is -0.491 e. The maximum atomic E-state index is 10.1. The monoisotopic (exact) mass is 422 g/mol. The molecule has 1 fully saturated rings. The number of rotatable bonds is 10. The highest BCUT2D eigenvalue weighted by Gasteiger charge is 2.18. The topological polar surface area (TPSA) is 45.2 Å². The summed E-state index contributed by atoms with van der Waals surface area (Å²) in [6.45, 7) is 13.9. The maximum Gasteiger partial charge on any atom is 0.122 e. The lowest BCUT2D eigenvalue weighted by Crippen LogP contribution is -2.48. The van der Waals surface area contributed by atoms with Gasteiger partial charge in [0.2, 0.25) is 0 Å². The Morgan fingerprint density at radius 2 is 1.63 bits per heavy atom. The number of halogens is 2. The standard InChI is InChI=1S/C20H34N2O3.2ClH/c1-4-21-9-11-22(12-10-21)15-18(23)16-24-13-14-25-20-8-6-5-7-19(20)17(2)3;;/h5-8,17-18,23H,4,9-16H2,1-3H3;2*1H. The van der Waals surface area contributed by atoms with Gasteiger partial charge in [0.25, 0.3) is 0 Å². The minimum atomic E-state index is -0.434. The fraction of sp³-hybridized carbons (Fsp3) is 0.700. The summed E-state index contributed by atoms with van der Waals surface area (Å²) in [5.74, 6) is 1.36. The number of aliphatic hydroxyl groups is 1. The molecule has 158 valence electrons. The number of ether oxygens (including phenoxy) is 2. The molecule has 0 saturated carbocycles. The molecule has 0 aliphatic carbocycles. The molecular formula is C20H36Cl2N2O3. The SMILES string of the molecule is CCN1CCN(CC(O)COCCOc2ccccc2C(C)C)CC1.Cl.Cl. The predicted molar refractivity (Wildman–Crippen MR) is 116 cm³/mol. The van der Waals surface area contributed by atoms with Crippen molar-refractivity contribution in [1.29, 1.82) is 0 Å². The molecule has 0 spiro atoms. The van der Waals surface area contributed by atoms with E-state index in [2.05, 4.69) is 36.6 Å². The van der Waals surface area contributed by atoms with Crippen molar-refractivity contribution in [1.82, 2.24) is 9.80 Å². The van der Waals surface area contributed by atoms with Gasteiger partial charge in [0.1, 0.15) is 12.4 Å². The lowest BCUT2D eigenvalue weighted by atomic mass is 10.0. The second-order valence-corrected chi connectivity index (χ2v) is 7.00. The van der Waals surface area contributed by atoms with E-state index in [1.165, 1.54) is 5.56 Å². The third-order valence-electron chi connectivity index (χ3n) is 4.72. The van der Waals surface area contributed by atoms with E-state index in [0.29, 0.717) is 32.3 Å². The normalized spacial score (nSPS) is 16.5. The number of β-amino-alcohol motifs (C(OH)–C–C–N with tert-alkyl or cyclic N) is 1. The van der Waals surface area contributed by atoms with E-state index < -0.39 is 6.10 Å². The van der Waals surface area contributed by atoms with Crippen LogP contribution < -0.4 is 4.74 Å². The van der Waals surface area contributed by atoms with Crippen LogP contribution in [0.15, 0.2) is 24.3 Å². The molecule has 1 N–H and O–H groups in total. The smallest absolute Gasteiger partial charge is 0.122 e. The summed E-state index contributed by atoms with van der Waals surface area (Å²) in [7, 11) is 0. The molecule has 0 aromatic heterocycles. The number of hydrogen-bond acceptors (Lipinski definition) is 5. The van der Waals surface area contributed by atoms with Crippen LogP contribution in [0, 0.1) is 0 Å². The van der Waals surface area contributed by atoms with Crippen LogP contribution in [0.1, 0.15) is 32.3 Å². The van der Waals surface area contributed by atoms with Gasteiger partial charge < -0.3 is 19.5 Å². The van der Waals surface area contributed by atoms with Crippen LogP contribution in [0.25, 0.3) is 0 Å². The molecule has 0 radical (unpaired) electrons. The zero-order chi connectivity index (χ0) is 18.1. The van der Waals surface area contributed by atoms with E-state index >= 15 is 0 Å². The highest BCUT2D eigenvalue weighted by atomic mass is 35.5. The fourth-order valence-electron chi connectivity index (χ4n) is 3.16. The number of hydrogen-bond donors (Lipinski definition) is 1. The molecular weight excluding hydrogens is 387 g/mol. The summed E-state index contributed by atoms with van der Waals surface area (Å²) in [6.07, 6.45) is -0.434. The van der Waals surface area contributed by atoms with Crippen LogP contribution in [-0.2, 0) is 4.74 Å². The molecule has 1 heterocycles. The molecule has 2 rings (SSSR count). The van der Waals surface area contributed by atoms with Gasteiger partial charge in [-0.05, 0) is 24.1 Å². The molecule has 0 bridgehead atoms. The predicted octanol–water partition coefficient (Wildman–Crippen LogP) is 3.05. The Balaban J connectivity index is 0.00000338. The van der Waals surface area contributed by atoms with Crippen molar-refractivity contribution >= 4 is 24.8 Å². The van der Waals surface area contributed by atoms with Crippen LogP contribution in [-0.4, -0.2) is 80.1 Å². The van der Waals surface area contributed by atoms with E-state index in [1.807, 2.05) is 18.2 Å². The molecule has 5 nitrogen and oxygen atoms in total. The maximum absolute atomic E-state index is 10.1. The van der Waals surface area contributed by atoms with E-state index in [4.69, 9.17) is 9.47 Å². The Bertz CT molecular complexity index is 498. The summed E-state index contributed by atoms with van der Waals surface area (Å²) >= 11 is 0. The van der Waals surface area contributed by atoms with Crippen molar-refractivity contribution in [2.24, 2.45) is 0 Å². The Morgan fingerprint density at radius 1 is 1.00 bits per heavy atom. The van der Waals surface area contributed by atoms with Crippen LogP contribution in [0.4, 0.5) is 0 Å². The third-order valence-corrected chi connectivity index (χ3v) is 4.72. The second kappa shape index (κ2) is 14.4. The van der Waals surface area contributed by atoms with Crippen LogP contribution >= 0.6 is 24.8 Å². The molecule has 1 atom stereocenters. The molecule has 1 unspecified atom stereocenters. The quantitative estimate of drug-likeness (QED) is 0.586. The average molecular weight is 423 g/mol. The first kappa shape index (κ1) is 26.4. The number of piperazine rings is 1. The van der Waals surface area contributed by atoms with Crippen LogP contribution in [0.2, 0.25) is 0 Å². The van der Waals surface area contributed by atoms with Crippen LogP contribution in [0.5, 0.6) is 5.75 Å². The van der Waals surface area contributed by atoms with Gasteiger partial charge in [0, 0.05) is 32.7 Å². The highest BCUT2D eigenvalue weighted by molar-refractivity contribution is 5.85. The molecule has 7 heteroatoms. The lowest BCUT2D eigenvalue weighted by molar-refractivity contribution is 0.000318. The molecule has 27 heavy (non-hydrogen) atoms. The zero-order valence-electron chi connectivity index (χ0n) is 16.8. The van der Waals surface area contributed by atoms with Gasteiger partial charge >= 0.3 is 0 Å². The Hall–Kier alpha value is -0.560. The average Bonchev–Trinajstić information content (AvgIpc) is 2.62. The van der Waals surface area contributed by atoms with Crippen molar-refractivity contribution in [3.05, 3.63) is 29.8 Å². The van der Waals surface area contributed by atoms with E-state index in [-0.39, 0.29) is 24.8 Å². The number of benzene rings is 1. The van der Waals surface area contributed by atoms with Crippen molar-refractivity contribution in [2.45, 2.75) is 32.8 Å². The van der Waals surface area contributed by atoms with E-state index in [1.54, 1.807) is 0 Å². The van der Waals surface area contributed by atoms with Crippen LogP contribution in [0.3, 0.4) is 0 Å². The summed E-state index contributed by atoms with van der Waals surface area (Å²) in [5, 5.41) is 10.1. The summed E-state index contributed by atoms with van der Waals surface area (Å²) < 4.78 is 11.4.